The molecule has 3 N–H and O–H groups in total. The van der Waals surface area contributed by atoms with Crippen molar-refractivity contribution in [2.45, 2.75) is 26.3 Å². The van der Waals surface area contributed by atoms with Crippen LogP contribution in [-0.2, 0) is 11.3 Å². The molecule has 2 aromatic carbocycles. The third kappa shape index (κ3) is 6.96. The molecule has 8 nitrogen and oxygen atoms in total. The lowest BCUT2D eigenvalue weighted by Gasteiger charge is -2.12. The number of para-hydroxylation sites is 2. The highest BCUT2D eigenvalue weighted by atomic mass is 16.5. The summed E-state index contributed by atoms with van der Waals surface area (Å²) < 4.78 is 10.7. The zero-order valence-corrected chi connectivity index (χ0v) is 18.4. The van der Waals surface area contributed by atoms with Crippen molar-refractivity contribution in [3.8, 4) is 5.75 Å². The zero-order chi connectivity index (χ0) is 23.5. The molecule has 3 rings (SSSR count). The van der Waals surface area contributed by atoms with Gasteiger partial charge in [0.15, 0.2) is 0 Å². The van der Waals surface area contributed by atoms with E-state index in [-0.39, 0.29) is 30.7 Å². The van der Waals surface area contributed by atoms with Crippen LogP contribution in [0.2, 0.25) is 0 Å². The maximum atomic E-state index is 12.5. The molecule has 0 atom stereocenters. The highest BCUT2D eigenvalue weighted by Gasteiger charge is 2.14. The topological polar surface area (TPSA) is 110 Å². The van der Waals surface area contributed by atoms with Crippen molar-refractivity contribution in [2.24, 2.45) is 0 Å². The van der Waals surface area contributed by atoms with E-state index in [2.05, 4.69) is 16.0 Å². The zero-order valence-electron chi connectivity index (χ0n) is 18.4. The lowest BCUT2D eigenvalue weighted by atomic mass is 10.1. The van der Waals surface area contributed by atoms with Crippen LogP contribution in [0.25, 0.3) is 0 Å². The molecule has 8 heteroatoms. The van der Waals surface area contributed by atoms with Crippen LogP contribution >= 0.6 is 0 Å². The van der Waals surface area contributed by atoms with Crippen molar-refractivity contribution in [1.82, 2.24) is 10.6 Å². The van der Waals surface area contributed by atoms with Gasteiger partial charge in [0.05, 0.1) is 36.2 Å². The van der Waals surface area contributed by atoms with Gasteiger partial charge in [0, 0.05) is 13.0 Å². The molecule has 1 heterocycles. The molecule has 3 amide bonds. The molecule has 0 radical (unpaired) electrons. The van der Waals surface area contributed by atoms with Gasteiger partial charge in [-0.25, -0.2) is 0 Å². The number of nitrogens with one attached hydrogen (secondary N) is 3. The monoisotopic (exact) mass is 449 g/mol. The number of hydrogen-bond acceptors (Lipinski definition) is 5. The van der Waals surface area contributed by atoms with Crippen molar-refractivity contribution in [2.75, 3.05) is 18.5 Å². The normalized spacial score (nSPS) is 10.3. The van der Waals surface area contributed by atoms with E-state index in [9.17, 15) is 14.4 Å². The number of carbonyl (C=O) groups excluding carboxylic acids is 3. The largest absolute Gasteiger partial charge is 0.493 e. The van der Waals surface area contributed by atoms with Crippen molar-refractivity contribution >= 4 is 23.4 Å². The fourth-order valence-corrected chi connectivity index (χ4v) is 3.16. The van der Waals surface area contributed by atoms with Crippen LogP contribution < -0.4 is 20.7 Å². The minimum Gasteiger partial charge on any atom is -0.493 e. The van der Waals surface area contributed by atoms with Crippen LogP contribution in [0.1, 0.15) is 46.2 Å². The second-order valence-corrected chi connectivity index (χ2v) is 7.14. The number of anilines is 1. The summed E-state index contributed by atoms with van der Waals surface area (Å²) in [5, 5.41) is 8.35. The average molecular weight is 450 g/mol. The van der Waals surface area contributed by atoms with Gasteiger partial charge in [0.25, 0.3) is 11.8 Å². The molecule has 0 spiro atoms. The van der Waals surface area contributed by atoms with E-state index in [0.717, 1.165) is 0 Å². The SMILES string of the molecule is CCOc1ccccc1C(=O)NCCCC(=O)Nc1ccccc1C(=O)NCc1ccco1. The van der Waals surface area contributed by atoms with Crippen LogP contribution in [0.3, 0.4) is 0 Å². The minimum atomic E-state index is -0.317. The Labute approximate surface area is 192 Å². The smallest absolute Gasteiger partial charge is 0.255 e. The number of rotatable bonds is 11. The Morgan fingerprint density at radius 3 is 2.36 bits per heavy atom. The predicted molar refractivity (Wildman–Crippen MR) is 124 cm³/mol. The predicted octanol–water partition coefficient (Wildman–Crippen LogP) is 3.76. The van der Waals surface area contributed by atoms with Gasteiger partial charge in [-0.3, -0.25) is 14.4 Å². The van der Waals surface area contributed by atoms with E-state index in [1.807, 2.05) is 6.92 Å². The molecule has 0 aliphatic carbocycles. The highest BCUT2D eigenvalue weighted by Crippen LogP contribution is 2.18. The summed E-state index contributed by atoms with van der Waals surface area (Å²) in [7, 11) is 0. The summed E-state index contributed by atoms with van der Waals surface area (Å²) in [4.78, 5) is 37.3. The van der Waals surface area contributed by atoms with Gasteiger partial charge in [-0.2, -0.15) is 0 Å². The second kappa shape index (κ2) is 12.1. The molecule has 0 saturated heterocycles. The Kier molecular flexibility index (Phi) is 8.64. The number of carbonyl (C=O) groups is 3. The number of hydrogen-bond donors (Lipinski definition) is 3. The fourth-order valence-electron chi connectivity index (χ4n) is 3.16. The molecule has 33 heavy (non-hydrogen) atoms. The molecule has 172 valence electrons. The van der Waals surface area contributed by atoms with Gasteiger partial charge in [-0.05, 0) is 49.7 Å². The van der Waals surface area contributed by atoms with Crippen molar-refractivity contribution in [1.29, 1.82) is 0 Å². The van der Waals surface area contributed by atoms with Crippen LogP contribution in [-0.4, -0.2) is 30.9 Å². The molecular formula is C25H27N3O5. The number of benzene rings is 2. The Morgan fingerprint density at radius 1 is 0.879 bits per heavy atom. The first-order valence-electron chi connectivity index (χ1n) is 10.8. The van der Waals surface area contributed by atoms with Gasteiger partial charge in [-0.15, -0.1) is 0 Å². The average Bonchev–Trinajstić information content (AvgIpc) is 3.35. The number of amides is 3. The summed E-state index contributed by atoms with van der Waals surface area (Å²) in [5.41, 5.74) is 1.24. The lowest BCUT2D eigenvalue weighted by Crippen LogP contribution is -2.26. The summed E-state index contributed by atoms with van der Waals surface area (Å²) in [6.45, 7) is 2.90. The summed E-state index contributed by atoms with van der Waals surface area (Å²) in [5.74, 6) is 0.346. The Balaban J connectivity index is 1.46. The first-order chi connectivity index (χ1) is 16.1. The first kappa shape index (κ1) is 23.6. The molecule has 0 bridgehead atoms. The molecule has 1 aromatic heterocycles. The molecule has 0 fully saturated rings. The minimum absolute atomic E-state index is 0.190. The summed E-state index contributed by atoms with van der Waals surface area (Å²) in [6, 6.07) is 17.3. The van der Waals surface area contributed by atoms with Gasteiger partial charge in [0.1, 0.15) is 11.5 Å². The van der Waals surface area contributed by atoms with Gasteiger partial charge < -0.3 is 25.1 Å². The van der Waals surface area contributed by atoms with Crippen LogP contribution in [0.15, 0.2) is 71.3 Å². The molecule has 0 unspecified atom stereocenters. The second-order valence-electron chi connectivity index (χ2n) is 7.14. The Hall–Kier alpha value is -4.07. The third-order valence-electron chi connectivity index (χ3n) is 4.75. The Morgan fingerprint density at radius 2 is 1.61 bits per heavy atom. The number of furan rings is 1. The molecule has 0 saturated carbocycles. The lowest BCUT2D eigenvalue weighted by molar-refractivity contribution is -0.116. The van der Waals surface area contributed by atoms with Gasteiger partial charge >= 0.3 is 0 Å². The van der Waals surface area contributed by atoms with Crippen LogP contribution in [0.5, 0.6) is 5.75 Å². The molecule has 3 aromatic rings. The number of ether oxygens (including phenoxy) is 1. The van der Waals surface area contributed by atoms with E-state index in [1.165, 1.54) is 6.26 Å². The standard InChI is InChI=1S/C25H27N3O5/c1-2-32-22-13-6-4-11-20(22)25(31)26-15-7-14-23(29)28-21-12-5-3-10-19(21)24(30)27-17-18-9-8-16-33-18/h3-6,8-13,16H,2,7,14-15,17H2,1H3,(H,26,31)(H,27,30)(H,28,29). The third-order valence-corrected chi connectivity index (χ3v) is 4.75. The van der Waals surface area contributed by atoms with E-state index in [4.69, 9.17) is 9.15 Å². The quantitative estimate of drug-likeness (QED) is 0.386. The highest BCUT2D eigenvalue weighted by molar-refractivity contribution is 6.03. The van der Waals surface area contributed by atoms with E-state index in [0.29, 0.717) is 47.9 Å². The molecule has 0 aliphatic rings. The van der Waals surface area contributed by atoms with Crippen LogP contribution in [0.4, 0.5) is 5.69 Å². The van der Waals surface area contributed by atoms with E-state index < -0.39 is 0 Å². The molecular weight excluding hydrogens is 422 g/mol. The van der Waals surface area contributed by atoms with Crippen molar-refractivity contribution in [3.63, 3.8) is 0 Å². The van der Waals surface area contributed by atoms with E-state index in [1.54, 1.807) is 60.7 Å². The summed E-state index contributed by atoms with van der Waals surface area (Å²) in [6.07, 6.45) is 2.17. The van der Waals surface area contributed by atoms with Gasteiger partial charge in [-0.1, -0.05) is 24.3 Å². The summed E-state index contributed by atoms with van der Waals surface area (Å²) >= 11 is 0. The van der Waals surface area contributed by atoms with Crippen LogP contribution in [0, 0.1) is 0 Å². The maximum absolute atomic E-state index is 12.5. The van der Waals surface area contributed by atoms with Gasteiger partial charge in [0.2, 0.25) is 5.91 Å². The Bertz CT molecular complexity index is 1080. The first-order valence-corrected chi connectivity index (χ1v) is 10.8. The maximum Gasteiger partial charge on any atom is 0.255 e. The van der Waals surface area contributed by atoms with Crippen molar-refractivity contribution < 1.29 is 23.5 Å². The molecule has 0 aliphatic heterocycles. The van der Waals surface area contributed by atoms with E-state index >= 15 is 0 Å². The fraction of sp³-hybridized carbons (Fsp3) is 0.240. The van der Waals surface area contributed by atoms with Crippen molar-refractivity contribution in [3.05, 3.63) is 83.8 Å².